The molecule has 1 unspecified atom stereocenters. The van der Waals surface area contributed by atoms with Gasteiger partial charge in [-0.05, 0) is 0 Å². The van der Waals surface area contributed by atoms with E-state index in [0.29, 0.717) is 0 Å². The first-order valence-corrected chi connectivity index (χ1v) is 1.48. The minimum atomic E-state index is -1.50. The van der Waals surface area contributed by atoms with Gasteiger partial charge in [-0.1, -0.05) is 0 Å². The van der Waals surface area contributed by atoms with Crippen LogP contribution in [0.5, 0.6) is 0 Å². The molecule has 0 heterocycles. The van der Waals surface area contributed by atoms with Gasteiger partial charge in [0, 0.05) is 0 Å². The van der Waals surface area contributed by atoms with E-state index in [4.69, 9.17) is 9.46 Å². The maximum absolute atomic E-state index is 8.57. The molecule has 0 saturated heterocycles. The molecule has 2 nitrogen and oxygen atoms in total. The predicted molar refractivity (Wildman–Crippen MR) is 26.9 cm³/mol. The average molecular weight is 130 g/mol. The molecule has 0 spiro atoms. The molecule has 0 rings (SSSR count). The predicted octanol–water partition coefficient (Wildman–Crippen LogP) is -1.65. The first-order valence-electron chi connectivity index (χ1n) is 0.494. The molecule has 5 heavy (non-hydrogen) atoms. The second-order valence-corrected chi connectivity index (χ2v) is 0.316. The van der Waals surface area contributed by atoms with Crippen molar-refractivity contribution in [3.63, 3.8) is 0 Å². The quantitative estimate of drug-likeness (QED) is 0.315. The van der Waals surface area contributed by atoms with Gasteiger partial charge < -0.3 is 4.89 Å². The molecular formula is H5KNaO2P. The van der Waals surface area contributed by atoms with Gasteiger partial charge in [0.1, 0.15) is 0 Å². The summed E-state index contributed by atoms with van der Waals surface area (Å²) in [6.07, 6.45) is 0. The fourth-order valence-electron chi connectivity index (χ4n) is 0. The Labute approximate surface area is 96.7 Å². The third kappa shape index (κ3) is 19.9. The van der Waals surface area contributed by atoms with Crippen molar-refractivity contribution in [2.75, 3.05) is 0 Å². The van der Waals surface area contributed by atoms with Crippen molar-refractivity contribution >= 4 is 89.6 Å². The molecule has 0 radical (unpaired) electrons. The van der Waals surface area contributed by atoms with Gasteiger partial charge in [0.2, 0.25) is 0 Å². The molecule has 0 aromatic rings. The standard InChI is InChI=1S/K.Na.H3O2P.2H/c;;1-3-2;;/h;;3H2,(H,1,2);;. The van der Waals surface area contributed by atoms with Gasteiger partial charge in [-0.25, -0.2) is 0 Å². The van der Waals surface area contributed by atoms with Crippen molar-refractivity contribution in [1.82, 2.24) is 0 Å². The van der Waals surface area contributed by atoms with Gasteiger partial charge in [0.05, 0.1) is 0 Å². The van der Waals surface area contributed by atoms with E-state index in [1.54, 1.807) is 0 Å². The zero-order valence-electron chi connectivity index (χ0n) is 1.43. The SMILES string of the molecule is O=[PH2]O.[KH].[NaH]. The van der Waals surface area contributed by atoms with Gasteiger partial charge in [0.25, 0.3) is 0 Å². The van der Waals surface area contributed by atoms with Crippen molar-refractivity contribution < 1.29 is 9.46 Å². The molecule has 1 atom stereocenters. The van der Waals surface area contributed by atoms with Gasteiger partial charge in [-0.2, -0.15) is 0 Å². The summed E-state index contributed by atoms with van der Waals surface area (Å²) in [5.41, 5.74) is 0. The molecule has 0 aliphatic heterocycles. The first kappa shape index (κ1) is 15.7. The van der Waals surface area contributed by atoms with Crippen molar-refractivity contribution in [1.29, 1.82) is 0 Å². The monoisotopic (exact) mass is 130 g/mol. The van der Waals surface area contributed by atoms with Gasteiger partial charge in [-0.3, -0.25) is 4.57 Å². The van der Waals surface area contributed by atoms with Crippen LogP contribution in [0.25, 0.3) is 0 Å². The van der Waals surface area contributed by atoms with Crippen LogP contribution < -0.4 is 0 Å². The Morgan fingerprint density at radius 3 is 1.60 bits per heavy atom. The summed E-state index contributed by atoms with van der Waals surface area (Å²) in [4.78, 5) is 7.10. The van der Waals surface area contributed by atoms with E-state index in [1.807, 2.05) is 0 Å². The van der Waals surface area contributed by atoms with Crippen molar-refractivity contribution in [3.05, 3.63) is 0 Å². The molecule has 0 aromatic carbocycles. The molecule has 5 heteroatoms. The third-order valence-corrected chi connectivity index (χ3v) is 0. The molecule has 0 bridgehead atoms. The fourth-order valence-corrected chi connectivity index (χ4v) is 0. The van der Waals surface area contributed by atoms with E-state index in [2.05, 4.69) is 0 Å². The molecule has 0 fully saturated rings. The Bertz CT molecular complexity index is 17.1. The third-order valence-electron chi connectivity index (χ3n) is 0. The zero-order chi connectivity index (χ0) is 2.71. The van der Waals surface area contributed by atoms with Crippen LogP contribution in [0.2, 0.25) is 0 Å². The van der Waals surface area contributed by atoms with Gasteiger partial charge in [-0.15, -0.1) is 0 Å². The van der Waals surface area contributed by atoms with Crippen LogP contribution in [0.3, 0.4) is 0 Å². The van der Waals surface area contributed by atoms with Crippen LogP contribution in [-0.4, -0.2) is 85.8 Å². The molecule has 0 aliphatic carbocycles. The molecular weight excluding hydrogens is 125 g/mol. The number of hydrogen-bond acceptors (Lipinski definition) is 1. The van der Waals surface area contributed by atoms with Gasteiger partial charge >= 0.3 is 80.9 Å². The summed E-state index contributed by atoms with van der Waals surface area (Å²) >= 11 is 0. The molecule has 24 valence electrons. The number of rotatable bonds is 0. The van der Waals surface area contributed by atoms with Crippen LogP contribution in [0.4, 0.5) is 0 Å². The summed E-state index contributed by atoms with van der Waals surface area (Å²) in [7, 11) is -1.50. The second kappa shape index (κ2) is 15.8. The summed E-state index contributed by atoms with van der Waals surface area (Å²) in [5, 5.41) is 0. The molecule has 1 N–H and O–H groups in total. The molecule has 0 saturated carbocycles. The van der Waals surface area contributed by atoms with Crippen molar-refractivity contribution in [2.24, 2.45) is 0 Å². The maximum atomic E-state index is 8.57. The van der Waals surface area contributed by atoms with E-state index in [0.717, 1.165) is 0 Å². The second-order valence-electron chi connectivity index (χ2n) is 0.105. The Balaban J connectivity index is -0.0000000200. The van der Waals surface area contributed by atoms with E-state index in [9.17, 15) is 0 Å². The summed E-state index contributed by atoms with van der Waals surface area (Å²) in [5.74, 6) is 0. The topological polar surface area (TPSA) is 37.3 Å². The Morgan fingerprint density at radius 1 is 1.60 bits per heavy atom. The average Bonchev–Trinajstić information content (AvgIpc) is 0.918. The van der Waals surface area contributed by atoms with E-state index < -0.39 is 8.69 Å². The Kier molecular flexibility index (Phi) is 49.6. The summed E-state index contributed by atoms with van der Waals surface area (Å²) in [6, 6.07) is 0. The van der Waals surface area contributed by atoms with E-state index in [-0.39, 0.29) is 80.9 Å². The van der Waals surface area contributed by atoms with Crippen molar-refractivity contribution in [3.8, 4) is 0 Å². The Morgan fingerprint density at radius 2 is 1.60 bits per heavy atom. The summed E-state index contributed by atoms with van der Waals surface area (Å²) < 4.78 is 8.57. The zero-order valence-corrected chi connectivity index (χ0v) is 2.59. The number of hydrogen-bond donors (Lipinski definition) is 1. The van der Waals surface area contributed by atoms with E-state index in [1.165, 1.54) is 0 Å². The van der Waals surface area contributed by atoms with E-state index >= 15 is 0 Å². The van der Waals surface area contributed by atoms with Crippen LogP contribution in [0.1, 0.15) is 0 Å². The molecule has 0 amide bonds. The fraction of sp³-hybridized carbons (Fsp3) is 0. The summed E-state index contributed by atoms with van der Waals surface area (Å²) in [6.45, 7) is 0. The van der Waals surface area contributed by atoms with Gasteiger partial charge in [0.15, 0.2) is 8.69 Å². The molecule has 0 aromatic heterocycles. The van der Waals surface area contributed by atoms with Crippen LogP contribution >= 0.6 is 8.69 Å². The van der Waals surface area contributed by atoms with Crippen LogP contribution in [-0.2, 0) is 4.57 Å². The van der Waals surface area contributed by atoms with Crippen LogP contribution in [0.15, 0.2) is 0 Å². The molecule has 0 aliphatic rings. The minimum absolute atomic E-state index is 0. The van der Waals surface area contributed by atoms with Crippen molar-refractivity contribution in [2.45, 2.75) is 0 Å². The van der Waals surface area contributed by atoms with Crippen LogP contribution in [0, 0.1) is 0 Å². The first-order chi connectivity index (χ1) is 1.41. The Hall–Kier alpha value is 2.83. The normalized spacial score (nSPS) is 5.80.